The molecule has 21 heavy (non-hydrogen) atoms. The molecule has 1 heterocycles. The summed E-state index contributed by atoms with van der Waals surface area (Å²) in [4.78, 5) is 12.9. The molecule has 110 valence electrons. The van der Waals surface area contributed by atoms with Gasteiger partial charge in [0.15, 0.2) is 0 Å². The Bertz CT molecular complexity index is 733. The van der Waals surface area contributed by atoms with E-state index in [1.165, 1.54) is 36.6 Å². The molecule has 0 unspecified atom stereocenters. The fraction of sp³-hybridized carbons (Fsp3) is 0.0714. The Morgan fingerprint density at radius 1 is 1.19 bits per heavy atom. The van der Waals surface area contributed by atoms with Gasteiger partial charge in [-0.05, 0) is 48.8 Å². The highest BCUT2D eigenvalue weighted by atomic mass is 32.2. The number of carbonyl (C=O) groups excluding carboxylic acids is 1. The van der Waals surface area contributed by atoms with Crippen molar-refractivity contribution in [2.45, 2.75) is 4.90 Å². The van der Waals surface area contributed by atoms with Crippen molar-refractivity contribution in [1.82, 2.24) is 4.72 Å². The third-order valence-electron chi connectivity index (χ3n) is 2.64. The van der Waals surface area contributed by atoms with Gasteiger partial charge < -0.3 is 5.32 Å². The molecule has 0 aliphatic carbocycles. The van der Waals surface area contributed by atoms with Gasteiger partial charge in [0.1, 0.15) is 0 Å². The third kappa shape index (κ3) is 4.25. The van der Waals surface area contributed by atoms with Crippen LogP contribution in [0.5, 0.6) is 0 Å². The van der Waals surface area contributed by atoms with Crippen molar-refractivity contribution in [3.63, 3.8) is 0 Å². The molecule has 1 amide bonds. The van der Waals surface area contributed by atoms with Crippen molar-refractivity contribution >= 4 is 39.0 Å². The lowest BCUT2D eigenvalue weighted by Gasteiger charge is -2.05. The molecule has 0 aliphatic rings. The van der Waals surface area contributed by atoms with E-state index in [-0.39, 0.29) is 10.8 Å². The summed E-state index contributed by atoms with van der Waals surface area (Å²) in [6.45, 7) is 0. The summed E-state index contributed by atoms with van der Waals surface area (Å²) in [5.41, 5.74) is 0.533. The van der Waals surface area contributed by atoms with E-state index >= 15 is 0 Å². The molecule has 0 bridgehead atoms. The number of carbonyl (C=O) groups is 1. The molecule has 0 aliphatic heterocycles. The lowest BCUT2D eigenvalue weighted by Crippen LogP contribution is -2.18. The lowest BCUT2D eigenvalue weighted by atomic mass is 10.3. The molecule has 1 aromatic carbocycles. The van der Waals surface area contributed by atoms with Crippen LogP contribution < -0.4 is 10.0 Å². The molecule has 7 heteroatoms. The van der Waals surface area contributed by atoms with Crippen LogP contribution in [0.15, 0.2) is 52.7 Å². The van der Waals surface area contributed by atoms with Gasteiger partial charge in [0, 0.05) is 16.6 Å². The molecule has 0 spiro atoms. The number of anilines is 1. The average molecular weight is 322 g/mol. The molecular formula is C14H14N2O3S2. The summed E-state index contributed by atoms with van der Waals surface area (Å²) >= 11 is 1.54. The summed E-state index contributed by atoms with van der Waals surface area (Å²) in [6.07, 6.45) is 3.16. The van der Waals surface area contributed by atoms with Gasteiger partial charge in [-0.25, -0.2) is 13.1 Å². The van der Waals surface area contributed by atoms with Gasteiger partial charge in [-0.3, -0.25) is 4.79 Å². The van der Waals surface area contributed by atoms with Crippen molar-refractivity contribution in [1.29, 1.82) is 0 Å². The molecule has 5 nitrogen and oxygen atoms in total. The van der Waals surface area contributed by atoms with Crippen LogP contribution in [0.3, 0.4) is 0 Å². The van der Waals surface area contributed by atoms with Crippen molar-refractivity contribution in [2.75, 3.05) is 12.4 Å². The van der Waals surface area contributed by atoms with E-state index in [9.17, 15) is 13.2 Å². The van der Waals surface area contributed by atoms with E-state index in [4.69, 9.17) is 0 Å². The maximum absolute atomic E-state index is 11.7. The Hall–Kier alpha value is -1.96. The average Bonchev–Trinajstić information content (AvgIpc) is 2.99. The normalized spacial score (nSPS) is 11.7. The topological polar surface area (TPSA) is 75.3 Å². The Morgan fingerprint density at radius 2 is 1.90 bits per heavy atom. The largest absolute Gasteiger partial charge is 0.323 e. The van der Waals surface area contributed by atoms with Gasteiger partial charge in [-0.1, -0.05) is 6.07 Å². The monoisotopic (exact) mass is 322 g/mol. The van der Waals surface area contributed by atoms with Gasteiger partial charge in [0.2, 0.25) is 15.9 Å². The highest BCUT2D eigenvalue weighted by molar-refractivity contribution is 7.89. The second-order valence-electron chi connectivity index (χ2n) is 4.07. The van der Waals surface area contributed by atoms with Crippen LogP contribution in [0.1, 0.15) is 4.88 Å². The minimum Gasteiger partial charge on any atom is -0.323 e. The molecule has 1 aromatic heterocycles. The predicted molar refractivity (Wildman–Crippen MR) is 84.7 cm³/mol. The summed E-state index contributed by atoms with van der Waals surface area (Å²) < 4.78 is 25.3. The molecule has 0 atom stereocenters. The molecule has 0 fully saturated rings. The van der Waals surface area contributed by atoms with E-state index < -0.39 is 10.0 Å². The molecule has 2 rings (SSSR count). The van der Waals surface area contributed by atoms with Crippen molar-refractivity contribution in [3.8, 4) is 0 Å². The number of benzene rings is 1. The zero-order chi connectivity index (χ0) is 15.3. The van der Waals surface area contributed by atoms with Crippen molar-refractivity contribution in [3.05, 3.63) is 52.7 Å². The number of hydrogen-bond donors (Lipinski definition) is 2. The first-order valence-electron chi connectivity index (χ1n) is 6.07. The number of thiophene rings is 1. The fourth-order valence-corrected chi connectivity index (χ4v) is 2.91. The summed E-state index contributed by atoms with van der Waals surface area (Å²) in [5.74, 6) is -0.271. The lowest BCUT2D eigenvalue weighted by molar-refractivity contribution is -0.111. The quantitative estimate of drug-likeness (QED) is 0.830. The van der Waals surface area contributed by atoms with E-state index in [1.807, 2.05) is 17.5 Å². The van der Waals surface area contributed by atoms with Crippen LogP contribution in [0.4, 0.5) is 5.69 Å². The van der Waals surface area contributed by atoms with E-state index in [1.54, 1.807) is 18.2 Å². The van der Waals surface area contributed by atoms with Gasteiger partial charge in [-0.2, -0.15) is 0 Å². The van der Waals surface area contributed by atoms with Gasteiger partial charge in [-0.15, -0.1) is 11.3 Å². The van der Waals surface area contributed by atoms with Gasteiger partial charge in [0.05, 0.1) is 4.90 Å². The van der Waals surface area contributed by atoms with Crippen LogP contribution in [0.2, 0.25) is 0 Å². The maximum atomic E-state index is 11.7. The SMILES string of the molecule is CNS(=O)(=O)c1ccc(NC(=O)/C=C/c2cccs2)cc1. The van der Waals surface area contributed by atoms with Crippen LogP contribution in [-0.2, 0) is 14.8 Å². The van der Waals surface area contributed by atoms with Crippen molar-refractivity contribution in [2.24, 2.45) is 0 Å². The van der Waals surface area contributed by atoms with E-state index in [0.29, 0.717) is 5.69 Å². The van der Waals surface area contributed by atoms with Crippen LogP contribution in [-0.4, -0.2) is 21.4 Å². The molecule has 0 saturated heterocycles. The number of amides is 1. The zero-order valence-corrected chi connectivity index (χ0v) is 12.9. The number of rotatable bonds is 5. The van der Waals surface area contributed by atoms with Gasteiger partial charge in [0.25, 0.3) is 0 Å². The van der Waals surface area contributed by atoms with Crippen LogP contribution in [0.25, 0.3) is 6.08 Å². The third-order valence-corrected chi connectivity index (χ3v) is 4.91. The number of sulfonamides is 1. The molecule has 2 aromatic rings. The first-order chi connectivity index (χ1) is 10.0. The molecule has 2 N–H and O–H groups in total. The summed E-state index contributed by atoms with van der Waals surface area (Å²) in [7, 11) is -2.11. The van der Waals surface area contributed by atoms with Gasteiger partial charge >= 0.3 is 0 Å². The van der Waals surface area contributed by atoms with E-state index in [0.717, 1.165) is 4.88 Å². The maximum Gasteiger partial charge on any atom is 0.248 e. The first kappa shape index (κ1) is 15.4. The standard InChI is InChI=1S/C14H14N2O3S2/c1-15-21(18,19)13-7-4-11(5-8-13)16-14(17)9-6-12-3-2-10-20-12/h2-10,15H,1H3,(H,16,17)/b9-6+. The van der Waals surface area contributed by atoms with Crippen LogP contribution in [0, 0.1) is 0 Å². The minimum atomic E-state index is -3.46. The minimum absolute atomic E-state index is 0.150. The second-order valence-corrected chi connectivity index (χ2v) is 6.94. The molecule has 0 radical (unpaired) electrons. The highest BCUT2D eigenvalue weighted by Gasteiger charge is 2.10. The smallest absolute Gasteiger partial charge is 0.248 e. The van der Waals surface area contributed by atoms with Crippen molar-refractivity contribution < 1.29 is 13.2 Å². The van der Waals surface area contributed by atoms with E-state index in [2.05, 4.69) is 10.0 Å². The Balaban J connectivity index is 2.02. The predicted octanol–water partition coefficient (Wildman–Crippen LogP) is 2.31. The number of hydrogen-bond acceptors (Lipinski definition) is 4. The van der Waals surface area contributed by atoms with Crippen LogP contribution >= 0.6 is 11.3 Å². The fourth-order valence-electron chi connectivity index (χ4n) is 1.56. The Kier molecular flexibility index (Phi) is 4.89. The Morgan fingerprint density at radius 3 is 2.48 bits per heavy atom. The molecule has 0 saturated carbocycles. The molecular weight excluding hydrogens is 308 g/mol. The summed E-state index contributed by atoms with van der Waals surface area (Å²) in [6, 6.07) is 9.77. The first-order valence-corrected chi connectivity index (χ1v) is 8.44. The Labute approximate surface area is 127 Å². The summed E-state index contributed by atoms with van der Waals surface area (Å²) in [5, 5.41) is 4.59. The zero-order valence-electron chi connectivity index (χ0n) is 11.2. The highest BCUT2D eigenvalue weighted by Crippen LogP contribution is 2.14. The second kappa shape index (κ2) is 6.66. The number of nitrogens with one attached hydrogen (secondary N) is 2.